The molecule has 0 spiro atoms. The van der Waals surface area contributed by atoms with E-state index in [0.717, 1.165) is 11.8 Å². The lowest BCUT2D eigenvalue weighted by Gasteiger charge is -2.11. The molecule has 2 rings (SSSR count). The summed E-state index contributed by atoms with van der Waals surface area (Å²) in [5.74, 6) is -0.297. The Bertz CT molecular complexity index is 562. The van der Waals surface area contributed by atoms with Crippen LogP contribution < -0.4 is 5.69 Å². The molecule has 96 valence electrons. The van der Waals surface area contributed by atoms with Crippen LogP contribution in [-0.2, 0) is 16.4 Å². The summed E-state index contributed by atoms with van der Waals surface area (Å²) in [5, 5.41) is 15.7. The summed E-state index contributed by atoms with van der Waals surface area (Å²) in [5.41, 5.74) is -0.328. The Balaban J connectivity index is 2.19. The lowest BCUT2D eigenvalue weighted by molar-refractivity contribution is 0.207. The van der Waals surface area contributed by atoms with E-state index in [1.165, 1.54) is 4.57 Å². The second-order valence-corrected chi connectivity index (χ2v) is 7.22. The van der Waals surface area contributed by atoms with Gasteiger partial charge in [-0.3, -0.25) is 4.57 Å². The van der Waals surface area contributed by atoms with E-state index in [-0.39, 0.29) is 17.2 Å². The molecule has 1 aromatic heterocycles. The molecule has 1 fully saturated rings. The summed E-state index contributed by atoms with van der Waals surface area (Å²) >= 11 is 1.13. The van der Waals surface area contributed by atoms with Gasteiger partial charge in [0.25, 0.3) is 0 Å². The largest absolute Gasteiger partial charge is 0.391 e. The van der Waals surface area contributed by atoms with E-state index < -0.39 is 21.2 Å². The first-order valence-electron chi connectivity index (χ1n) is 5.13. The van der Waals surface area contributed by atoms with Crippen molar-refractivity contribution in [2.45, 2.75) is 30.0 Å². The number of nitrogens with one attached hydrogen (secondary N) is 1. The Labute approximate surface area is 102 Å². The van der Waals surface area contributed by atoms with E-state index in [9.17, 15) is 18.3 Å². The first-order valence-corrected chi connectivity index (χ1v) is 7.83. The van der Waals surface area contributed by atoms with E-state index >= 15 is 0 Å². The number of sulfone groups is 1. The molecule has 1 saturated heterocycles. The topological polar surface area (TPSA) is 105 Å². The number of hydrogen-bond acceptors (Lipinski definition) is 6. The minimum absolute atomic E-state index is 0.0798. The molecule has 2 N–H and O–H groups in total. The van der Waals surface area contributed by atoms with Crippen molar-refractivity contribution < 1.29 is 13.5 Å². The molecule has 1 aromatic rings. The van der Waals surface area contributed by atoms with E-state index in [1.54, 1.807) is 6.92 Å². The summed E-state index contributed by atoms with van der Waals surface area (Å²) in [6.45, 7) is 2.25. The number of aliphatic hydroxyl groups excluding tert-OH is 1. The van der Waals surface area contributed by atoms with Gasteiger partial charge < -0.3 is 5.11 Å². The van der Waals surface area contributed by atoms with Gasteiger partial charge in [-0.1, -0.05) is 11.8 Å². The van der Waals surface area contributed by atoms with Gasteiger partial charge in [-0.2, -0.15) is 0 Å². The minimum atomic E-state index is -3.17. The van der Waals surface area contributed by atoms with Gasteiger partial charge in [-0.15, -0.1) is 5.10 Å². The summed E-state index contributed by atoms with van der Waals surface area (Å²) in [4.78, 5) is 11.3. The molecule has 2 heterocycles. The number of aromatic nitrogens is 3. The van der Waals surface area contributed by atoms with Crippen molar-refractivity contribution in [3.63, 3.8) is 0 Å². The number of aromatic amines is 1. The van der Waals surface area contributed by atoms with Gasteiger partial charge in [-0.05, 0) is 6.92 Å². The summed E-state index contributed by atoms with van der Waals surface area (Å²) in [6.07, 6.45) is -0.901. The van der Waals surface area contributed by atoms with Crippen LogP contribution in [0.25, 0.3) is 0 Å². The smallest absolute Gasteiger partial charge is 0.343 e. The van der Waals surface area contributed by atoms with Crippen LogP contribution in [0.5, 0.6) is 0 Å². The first-order chi connectivity index (χ1) is 7.93. The molecule has 9 heteroatoms. The van der Waals surface area contributed by atoms with Gasteiger partial charge in [0, 0.05) is 6.54 Å². The zero-order valence-corrected chi connectivity index (χ0v) is 10.8. The maximum Gasteiger partial charge on any atom is 0.343 e. The predicted molar refractivity (Wildman–Crippen MR) is 62.8 cm³/mol. The summed E-state index contributed by atoms with van der Waals surface area (Å²) < 4.78 is 24.1. The normalized spacial score (nSPS) is 27.4. The molecular formula is C8H13N3O4S2. The van der Waals surface area contributed by atoms with Gasteiger partial charge in [0.05, 0.1) is 22.9 Å². The predicted octanol–water partition coefficient (Wildman–Crippen LogP) is -1.16. The highest BCUT2D eigenvalue weighted by Gasteiger charge is 2.38. The highest BCUT2D eigenvalue weighted by molar-refractivity contribution is 8.01. The van der Waals surface area contributed by atoms with E-state index in [1.807, 2.05) is 0 Å². The minimum Gasteiger partial charge on any atom is -0.391 e. The van der Waals surface area contributed by atoms with Crippen LogP contribution in [0.3, 0.4) is 0 Å². The van der Waals surface area contributed by atoms with Crippen LogP contribution in [0.2, 0.25) is 0 Å². The van der Waals surface area contributed by atoms with Crippen molar-refractivity contribution in [1.29, 1.82) is 0 Å². The van der Waals surface area contributed by atoms with Gasteiger partial charge in [0.1, 0.15) is 0 Å². The molecule has 1 aliphatic rings. The lowest BCUT2D eigenvalue weighted by Crippen LogP contribution is -2.22. The maximum atomic E-state index is 11.3. The molecule has 0 radical (unpaired) electrons. The van der Waals surface area contributed by atoms with E-state index in [0.29, 0.717) is 11.7 Å². The summed E-state index contributed by atoms with van der Waals surface area (Å²) in [7, 11) is -3.17. The first kappa shape index (κ1) is 12.7. The summed E-state index contributed by atoms with van der Waals surface area (Å²) in [6, 6.07) is 0. The molecule has 0 aromatic carbocycles. The second-order valence-electron chi connectivity index (χ2n) is 3.86. The number of H-pyrrole nitrogens is 1. The zero-order valence-electron chi connectivity index (χ0n) is 9.16. The molecule has 0 amide bonds. The Morgan fingerprint density at radius 2 is 2.29 bits per heavy atom. The number of hydrogen-bond donors (Lipinski definition) is 2. The SMILES string of the molecule is CCn1c(SC2CS(=O)(=O)CC2O)n[nH]c1=O. The monoisotopic (exact) mass is 279 g/mol. The fourth-order valence-corrected chi connectivity index (χ4v) is 5.31. The number of rotatable bonds is 3. The average molecular weight is 279 g/mol. The molecule has 7 nitrogen and oxygen atoms in total. The van der Waals surface area contributed by atoms with Crippen molar-refractivity contribution in [2.75, 3.05) is 11.5 Å². The van der Waals surface area contributed by atoms with Crippen LogP contribution >= 0.6 is 11.8 Å². The number of nitrogens with zero attached hydrogens (tertiary/aromatic N) is 2. The van der Waals surface area contributed by atoms with Gasteiger partial charge >= 0.3 is 5.69 Å². The maximum absolute atomic E-state index is 11.3. The van der Waals surface area contributed by atoms with Crippen LogP contribution in [0.15, 0.2) is 9.95 Å². The van der Waals surface area contributed by atoms with Gasteiger partial charge in [0.15, 0.2) is 15.0 Å². The van der Waals surface area contributed by atoms with Crippen LogP contribution in [-0.4, -0.2) is 51.1 Å². The zero-order chi connectivity index (χ0) is 12.6. The molecule has 0 aliphatic carbocycles. The Kier molecular flexibility index (Phi) is 3.32. The molecule has 0 bridgehead atoms. The van der Waals surface area contributed by atoms with E-state index in [2.05, 4.69) is 10.2 Å². The number of aliphatic hydroxyl groups is 1. The van der Waals surface area contributed by atoms with E-state index in [4.69, 9.17) is 0 Å². The molecule has 1 aliphatic heterocycles. The molecule has 17 heavy (non-hydrogen) atoms. The Morgan fingerprint density at radius 3 is 2.82 bits per heavy atom. The fraction of sp³-hybridized carbons (Fsp3) is 0.750. The molecular weight excluding hydrogens is 266 g/mol. The molecule has 2 unspecified atom stereocenters. The third-order valence-corrected chi connectivity index (χ3v) is 5.80. The van der Waals surface area contributed by atoms with Crippen molar-refractivity contribution in [3.05, 3.63) is 10.5 Å². The third-order valence-electron chi connectivity index (χ3n) is 2.57. The van der Waals surface area contributed by atoms with Crippen LogP contribution in [0.1, 0.15) is 6.92 Å². The third kappa shape index (κ3) is 2.55. The van der Waals surface area contributed by atoms with Crippen LogP contribution in [0.4, 0.5) is 0 Å². The number of thioether (sulfide) groups is 1. The van der Waals surface area contributed by atoms with Gasteiger partial charge in [0.2, 0.25) is 0 Å². The van der Waals surface area contributed by atoms with Crippen molar-refractivity contribution in [1.82, 2.24) is 14.8 Å². The van der Waals surface area contributed by atoms with Crippen LogP contribution in [0, 0.1) is 0 Å². The molecule has 2 atom stereocenters. The quantitative estimate of drug-likeness (QED) is 0.723. The lowest BCUT2D eigenvalue weighted by atomic mass is 10.3. The van der Waals surface area contributed by atoms with Crippen molar-refractivity contribution >= 4 is 21.6 Å². The Hall–Kier alpha value is -0.800. The Morgan fingerprint density at radius 1 is 1.59 bits per heavy atom. The fourth-order valence-electron chi connectivity index (χ4n) is 1.72. The highest BCUT2D eigenvalue weighted by atomic mass is 32.2. The second kappa shape index (κ2) is 4.46. The highest BCUT2D eigenvalue weighted by Crippen LogP contribution is 2.29. The van der Waals surface area contributed by atoms with Gasteiger partial charge in [-0.25, -0.2) is 18.3 Å². The van der Waals surface area contributed by atoms with Crippen molar-refractivity contribution in [2.24, 2.45) is 0 Å². The molecule has 0 saturated carbocycles. The standard InChI is InChI=1S/C8H13N3O4S2/c1-2-11-7(13)9-10-8(11)16-6-4-17(14,15)3-5(6)12/h5-6,12H,2-4H2,1H3,(H,9,13). The average Bonchev–Trinajstić information content (AvgIpc) is 2.68. The van der Waals surface area contributed by atoms with Crippen molar-refractivity contribution in [3.8, 4) is 0 Å².